The maximum absolute atomic E-state index is 10.7. The van der Waals surface area contributed by atoms with Crippen LogP contribution in [0.15, 0.2) is 0 Å². The molecular formula is C6H11NO2S. The smallest absolute Gasteiger partial charge is 0.318 e. The number of rotatable bonds is 2. The van der Waals surface area contributed by atoms with Crippen LogP contribution in [0.25, 0.3) is 0 Å². The molecule has 0 saturated carbocycles. The van der Waals surface area contributed by atoms with Gasteiger partial charge in [0.2, 0.25) is 0 Å². The van der Waals surface area contributed by atoms with Crippen LogP contribution in [0.3, 0.4) is 0 Å². The van der Waals surface area contributed by atoms with Gasteiger partial charge in [-0.05, 0) is 11.8 Å². The molecule has 1 N–H and O–H groups in total. The molecule has 0 radical (unpaired) electrons. The average Bonchev–Trinajstić information content (AvgIpc) is 2.40. The van der Waals surface area contributed by atoms with Crippen molar-refractivity contribution in [3.05, 3.63) is 0 Å². The number of nitrogens with one attached hydrogen (secondary N) is 1. The fourth-order valence-electron chi connectivity index (χ4n) is 0.607. The van der Waals surface area contributed by atoms with Gasteiger partial charge < -0.3 is 4.18 Å². The minimum Gasteiger partial charge on any atom is -0.385 e. The Bertz CT molecular complexity index is 167. The molecule has 1 unspecified atom stereocenters. The lowest BCUT2D eigenvalue weighted by Crippen LogP contribution is -2.05. The predicted octanol–water partition coefficient (Wildman–Crippen LogP) is 0.834. The first-order valence-electron chi connectivity index (χ1n) is 3.34. The summed E-state index contributed by atoms with van der Waals surface area (Å²) < 4.78 is 8.03. The third-order valence-corrected chi connectivity index (χ3v) is 2.52. The molecule has 0 fully saturated rings. The van der Waals surface area contributed by atoms with E-state index < -0.39 is 0 Å². The third kappa shape index (κ3) is 2.11. The summed E-state index contributed by atoms with van der Waals surface area (Å²) in [4.78, 5) is 10.7. The average molecular weight is 161 g/mol. The van der Waals surface area contributed by atoms with Crippen molar-refractivity contribution in [3.8, 4) is 0 Å². The molecule has 0 spiro atoms. The first kappa shape index (κ1) is 7.75. The standard InChI is InChI=1S/C6H11NO2S/c1-2-6(8)9-10-5-3-4-7-10/h5,7H,2-4H2,1H3. The number of carbonyl (C=O) groups is 1. The van der Waals surface area contributed by atoms with Crippen LogP contribution in [0.5, 0.6) is 0 Å². The van der Waals surface area contributed by atoms with Gasteiger partial charge in [0.25, 0.3) is 0 Å². The van der Waals surface area contributed by atoms with Crippen molar-refractivity contribution in [1.29, 1.82) is 0 Å². The van der Waals surface area contributed by atoms with E-state index in [9.17, 15) is 4.79 Å². The molecule has 0 aromatic heterocycles. The first-order valence-corrected chi connectivity index (χ1v) is 4.55. The van der Waals surface area contributed by atoms with Gasteiger partial charge >= 0.3 is 5.97 Å². The van der Waals surface area contributed by atoms with E-state index >= 15 is 0 Å². The van der Waals surface area contributed by atoms with Crippen molar-refractivity contribution in [2.24, 2.45) is 0 Å². The van der Waals surface area contributed by atoms with Crippen molar-refractivity contribution in [2.45, 2.75) is 19.8 Å². The highest BCUT2D eigenvalue weighted by Crippen LogP contribution is 2.13. The molecule has 58 valence electrons. The summed E-state index contributed by atoms with van der Waals surface area (Å²) in [6, 6.07) is 0. The topological polar surface area (TPSA) is 38.3 Å². The van der Waals surface area contributed by atoms with Gasteiger partial charge in [0.05, 0.1) is 11.0 Å². The Balaban J connectivity index is 2.30. The fourth-order valence-corrected chi connectivity index (χ4v) is 1.82. The molecule has 0 aromatic rings. The lowest BCUT2D eigenvalue weighted by atomic mass is 10.5. The predicted molar refractivity (Wildman–Crippen MR) is 42.7 cm³/mol. The second-order valence-electron chi connectivity index (χ2n) is 1.96. The highest BCUT2D eigenvalue weighted by atomic mass is 32.2. The van der Waals surface area contributed by atoms with Crippen LogP contribution in [0.1, 0.15) is 19.8 Å². The Morgan fingerprint density at radius 2 is 2.70 bits per heavy atom. The summed E-state index contributed by atoms with van der Waals surface area (Å²) >= 11 is 0. The normalized spacial score (nSPS) is 23.9. The zero-order chi connectivity index (χ0) is 7.40. The second kappa shape index (κ2) is 3.73. The van der Waals surface area contributed by atoms with Crippen LogP contribution in [0, 0.1) is 0 Å². The summed E-state index contributed by atoms with van der Waals surface area (Å²) in [6.45, 7) is 2.72. The maximum atomic E-state index is 10.7. The summed E-state index contributed by atoms with van der Waals surface area (Å²) in [6.07, 6.45) is 1.46. The van der Waals surface area contributed by atoms with Gasteiger partial charge in [0.15, 0.2) is 0 Å². The lowest BCUT2D eigenvalue weighted by Gasteiger charge is -2.02. The minimum absolute atomic E-state index is 0.131. The van der Waals surface area contributed by atoms with E-state index in [2.05, 4.69) is 4.72 Å². The van der Waals surface area contributed by atoms with E-state index in [1.807, 2.05) is 5.37 Å². The van der Waals surface area contributed by atoms with Gasteiger partial charge in [-0.1, -0.05) is 6.92 Å². The van der Waals surface area contributed by atoms with Crippen molar-refractivity contribution in [3.63, 3.8) is 0 Å². The SMILES string of the molecule is CCC(=O)OS1=CCCN1. The lowest BCUT2D eigenvalue weighted by molar-refractivity contribution is -0.132. The zero-order valence-electron chi connectivity index (χ0n) is 5.92. The molecule has 1 aliphatic rings. The first-order chi connectivity index (χ1) is 4.83. The van der Waals surface area contributed by atoms with Gasteiger partial charge in [0.1, 0.15) is 0 Å². The Morgan fingerprint density at radius 1 is 1.90 bits per heavy atom. The molecule has 1 atom stereocenters. The van der Waals surface area contributed by atoms with E-state index in [4.69, 9.17) is 4.18 Å². The van der Waals surface area contributed by atoms with Gasteiger partial charge in [-0.15, -0.1) is 0 Å². The second-order valence-corrected chi connectivity index (χ2v) is 3.34. The number of hydrogen-bond donors (Lipinski definition) is 1. The van der Waals surface area contributed by atoms with Crippen molar-refractivity contribution in [1.82, 2.24) is 4.72 Å². The summed E-state index contributed by atoms with van der Waals surface area (Å²) in [7, 11) is -0.382. The molecule has 10 heavy (non-hydrogen) atoms. The quantitative estimate of drug-likeness (QED) is 0.610. The molecule has 0 bridgehead atoms. The molecule has 0 aromatic carbocycles. The van der Waals surface area contributed by atoms with Crippen molar-refractivity contribution < 1.29 is 8.98 Å². The van der Waals surface area contributed by atoms with Crippen LogP contribution in [-0.4, -0.2) is 17.9 Å². The van der Waals surface area contributed by atoms with Gasteiger partial charge in [0, 0.05) is 13.0 Å². The Kier molecular flexibility index (Phi) is 2.89. The zero-order valence-corrected chi connectivity index (χ0v) is 6.74. The molecule has 1 aliphatic heterocycles. The van der Waals surface area contributed by atoms with E-state index in [0.29, 0.717) is 6.42 Å². The maximum Gasteiger partial charge on any atom is 0.318 e. The summed E-state index contributed by atoms with van der Waals surface area (Å²) in [5.74, 6) is -0.131. The Labute approximate surface area is 63.0 Å². The third-order valence-electron chi connectivity index (χ3n) is 1.13. The van der Waals surface area contributed by atoms with Crippen LogP contribution >= 0.6 is 11.0 Å². The molecule has 0 amide bonds. The Hall–Kier alpha value is -0.350. The highest BCUT2D eigenvalue weighted by molar-refractivity contribution is 8.09. The van der Waals surface area contributed by atoms with Gasteiger partial charge in [-0.3, -0.25) is 4.79 Å². The fraction of sp³-hybridized carbons (Fsp3) is 0.667. The van der Waals surface area contributed by atoms with E-state index in [0.717, 1.165) is 13.0 Å². The van der Waals surface area contributed by atoms with E-state index in [1.54, 1.807) is 6.92 Å². The van der Waals surface area contributed by atoms with Gasteiger partial charge in [-0.2, -0.15) is 0 Å². The van der Waals surface area contributed by atoms with E-state index in [1.165, 1.54) is 0 Å². The largest absolute Gasteiger partial charge is 0.385 e. The monoisotopic (exact) mass is 161 g/mol. The van der Waals surface area contributed by atoms with Crippen molar-refractivity contribution in [2.75, 3.05) is 6.54 Å². The molecular weight excluding hydrogens is 150 g/mol. The van der Waals surface area contributed by atoms with Crippen LogP contribution < -0.4 is 4.72 Å². The Morgan fingerprint density at radius 3 is 3.20 bits per heavy atom. The summed E-state index contributed by atoms with van der Waals surface area (Å²) in [5, 5.41) is 1.99. The highest BCUT2D eigenvalue weighted by Gasteiger charge is 2.06. The molecule has 1 rings (SSSR count). The van der Waals surface area contributed by atoms with Crippen LogP contribution in [0.4, 0.5) is 0 Å². The molecule has 0 saturated heterocycles. The molecule has 3 nitrogen and oxygen atoms in total. The molecule has 4 heteroatoms. The number of carbonyl (C=O) groups excluding carboxylic acids is 1. The molecule has 1 heterocycles. The molecule has 0 aliphatic carbocycles. The minimum atomic E-state index is -0.382. The van der Waals surface area contributed by atoms with Crippen LogP contribution in [0.2, 0.25) is 0 Å². The number of hydrogen-bond acceptors (Lipinski definition) is 3. The van der Waals surface area contributed by atoms with Gasteiger partial charge in [-0.25, -0.2) is 4.72 Å². The van der Waals surface area contributed by atoms with Crippen LogP contribution in [-0.2, 0) is 8.98 Å². The summed E-state index contributed by atoms with van der Waals surface area (Å²) in [5.41, 5.74) is 0. The van der Waals surface area contributed by atoms with Crippen molar-refractivity contribution >= 4 is 22.3 Å². The van der Waals surface area contributed by atoms with E-state index in [-0.39, 0.29) is 16.9 Å².